The van der Waals surface area contributed by atoms with E-state index in [-0.39, 0.29) is 6.42 Å². The second-order valence-electron chi connectivity index (χ2n) is 3.88. The molecule has 2 aromatic rings. The first-order valence-corrected chi connectivity index (χ1v) is 6.40. The molecule has 1 aromatic carbocycles. The van der Waals surface area contributed by atoms with E-state index in [0.717, 1.165) is 21.5 Å². The fraction of sp³-hybridized carbons (Fsp3) is 0.0714. The average molecular weight is 319 g/mol. The fourth-order valence-corrected chi connectivity index (χ4v) is 1.87. The highest BCUT2D eigenvalue weighted by atomic mass is 79.9. The molecule has 19 heavy (non-hydrogen) atoms. The Morgan fingerprint density at radius 2 is 2.00 bits per heavy atom. The third-order valence-electron chi connectivity index (χ3n) is 2.37. The van der Waals surface area contributed by atoms with Crippen LogP contribution in [0.1, 0.15) is 11.3 Å². The molecule has 96 valence electrons. The topological polar surface area (TPSA) is 62.5 Å². The van der Waals surface area contributed by atoms with E-state index in [4.69, 9.17) is 5.11 Å². The number of aliphatic carboxylic acids is 1. The first-order chi connectivity index (χ1) is 9.13. The number of hydrogen-bond donors (Lipinski definition) is 1. The van der Waals surface area contributed by atoms with Crippen LogP contribution in [0.25, 0.3) is 0 Å². The Morgan fingerprint density at radius 3 is 2.63 bits per heavy atom. The molecule has 0 radical (unpaired) electrons. The minimum Gasteiger partial charge on any atom is -0.481 e. The van der Waals surface area contributed by atoms with Gasteiger partial charge in [-0.3, -0.25) is 9.79 Å². The first kappa shape index (κ1) is 13.4. The number of halogens is 1. The lowest BCUT2D eigenvalue weighted by Crippen LogP contribution is -1.99. The summed E-state index contributed by atoms with van der Waals surface area (Å²) in [4.78, 5) is 19.1. The number of carboxylic acids is 1. The number of pyridine rings is 1. The zero-order valence-corrected chi connectivity index (χ0v) is 11.5. The molecule has 1 aromatic heterocycles. The first-order valence-electron chi connectivity index (χ1n) is 5.61. The number of rotatable bonds is 4. The summed E-state index contributed by atoms with van der Waals surface area (Å²) in [7, 11) is 0. The molecule has 0 spiro atoms. The minimum absolute atomic E-state index is 0.0250. The molecule has 0 aliphatic carbocycles. The summed E-state index contributed by atoms with van der Waals surface area (Å²) < 4.78 is 0.758. The van der Waals surface area contributed by atoms with Crippen LogP contribution in [0.5, 0.6) is 0 Å². The van der Waals surface area contributed by atoms with Crippen molar-refractivity contribution in [2.45, 2.75) is 6.42 Å². The molecule has 0 saturated heterocycles. The zero-order valence-electron chi connectivity index (χ0n) is 9.95. The maximum atomic E-state index is 10.6. The summed E-state index contributed by atoms with van der Waals surface area (Å²) in [6.45, 7) is 0. The van der Waals surface area contributed by atoms with Gasteiger partial charge in [0.1, 0.15) is 4.60 Å². The van der Waals surface area contributed by atoms with Gasteiger partial charge in [0.2, 0.25) is 0 Å². The molecule has 0 fully saturated rings. The largest absolute Gasteiger partial charge is 0.481 e. The molecular formula is C14H11BrN2O2. The van der Waals surface area contributed by atoms with Crippen molar-refractivity contribution >= 4 is 33.8 Å². The Labute approximate surface area is 119 Å². The van der Waals surface area contributed by atoms with Gasteiger partial charge in [0.25, 0.3) is 0 Å². The van der Waals surface area contributed by atoms with E-state index in [1.807, 2.05) is 18.2 Å². The summed E-state index contributed by atoms with van der Waals surface area (Å²) in [5.41, 5.74) is 2.27. The number of aliphatic imine (C=N–C) groups is 1. The zero-order chi connectivity index (χ0) is 13.7. The summed E-state index contributed by atoms with van der Waals surface area (Å²) in [6.07, 6.45) is 1.69. The van der Waals surface area contributed by atoms with Gasteiger partial charge in [-0.15, -0.1) is 0 Å². The predicted octanol–water partition coefficient (Wildman–Crippen LogP) is 3.22. The lowest BCUT2D eigenvalue weighted by molar-refractivity contribution is -0.136. The summed E-state index contributed by atoms with van der Waals surface area (Å²) in [5, 5.41) is 8.67. The van der Waals surface area contributed by atoms with E-state index in [1.54, 1.807) is 30.5 Å². The molecule has 0 atom stereocenters. The van der Waals surface area contributed by atoms with E-state index >= 15 is 0 Å². The number of aromatic nitrogens is 1. The van der Waals surface area contributed by atoms with Crippen LogP contribution in [-0.4, -0.2) is 22.3 Å². The summed E-state index contributed by atoms with van der Waals surface area (Å²) in [5.74, 6) is -0.838. The number of nitrogens with zero attached hydrogens (tertiary/aromatic N) is 2. The maximum Gasteiger partial charge on any atom is 0.307 e. The van der Waals surface area contributed by atoms with Crippen LogP contribution in [0.3, 0.4) is 0 Å². The number of carboxylic acid groups (broad SMARTS) is 1. The Kier molecular flexibility index (Phi) is 4.41. The second-order valence-corrected chi connectivity index (χ2v) is 4.69. The fourth-order valence-electron chi connectivity index (χ4n) is 1.51. The predicted molar refractivity (Wildman–Crippen MR) is 77.0 cm³/mol. The van der Waals surface area contributed by atoms with E-state index < -0.39 is 5.97 Å². The van der Waals surface area contributed by atoms with Crippen molar-refractivity contribution in [3.63, 3.8) is 0 Å². The van der Waals surface area contributed by atoms with Crippen LogP contribution in [0.4, 0.5) is 5.69 Å². The summed E-state index contributed by atoms with van der Waals surface area (Å²) >= 11 is 3.29. The van der Waals surface area contributed by atoms with Gasteiger partial charge in [-0.1, -0.05) is 18.2 Å². The van der Waals surface area contributed by atoms with Gasteiger partial charge in [-0.25, -0.2) is 4.98 Å². The van der Waals surface area contributed by atoms with Crippen LogP contribution in [0, 0.1) is 0 Å². The Balaban J connectivity index is 2.09. The Morgan fingerprint density at radius 1 is 1.26 bits per heavy atom. The Hall–Kier alpha value is -2.01. The van der Waals surface area contributed by atoms with E-state index in [2.05, 4.69) is 25.9 Å². The molecule has 1 N–H and O–H groups in total. The van der Waals surface area contributed by atoms with Gasteiger partial charge in [-0.2, -0.15) is 0 Å². The molecule has 2 rings (SSSR count). The third kappa shape index (κ3) is 4.30. The molecule has 0 saturated carbocycles. The number of carbonyl (C=O) groups is 1. The van der Waals surface area contributed by atoms with Crippen molar-refractivity contribution in [1.29, 1.82) is 0 Å². The molecular weight excluding hydrogens is 308 g/mol. The van der Waals surface area contributed by atoms with E-state index in [1.165, 1.54) is 0 Å². The van der Waals surface area contributed by atoms with Crippen LogP contribution in [0.2, 0.25) is 0 Å². The molecule has 0 aliphatic rings. The molecule has 0 aliphatic heterocycles. The normalized spacial score (nSPS) is 10.8. The van der Waals surface area contributed by atoms with E-state index in [0.29, 0.717) is 0 Å². The van der Waals surface area contributed by atoms with Gasteiger partial charge >= 0.3 is 5.97 Å². The standard InChI is InChI=1S/C14H11BrN2O2/c15-13-3-1-2-12(17-13)9-16-11-6-4-10(5-7-11)8-14(18)19/h1-7,9H,8H2,(H,18,19). The second kappa shape index (κ2) is 6.24. The van der Waals surface area contributed by atoms with Crippen LogP contribution in [0.15, 0.2) is 52.1 Å². The molecule has 0 unspecified atom stereocenters. The van der Waals surface area contributed by atoms with Crippen molar-refractivity contribution in [2.24, 2.45) is 4.99 Å². The quantitative estimate of drug-likeness (QED) is 0.695. The minimum atomic E-state index is -0.838. The smallest absolute Gasteiger partial charge is 0.307 e. The van der Waals surface area contributed by atoms with Gasteiger partial charge in [0.05, 0.1) is 24.0 Å². The SMILES string of the molecule is O=C(O)Cc1ccc(N=Cc2cccc(Br)n2)cc1. The highest BCUT2D eigenvalue weighted by Gasteiger charge is 1.99. The van der Waals surface area contributed by atoms with Crippen LogP contribution in [-0.2, 0) is 11.2 Å². The molecule has 5 heteroatoms. The summed E-state index contributed by atoms with van der Waals surface area (Å²) in [6, 6.07) is 12.7. The highest BCUT2D eigenvalue weighted by Crippen LogP contribution is 2.14. The van der Waals surface area contributed by atoms with Crippen molar-refractivity contribution in [3.05, 3.63) is 58.3 Å². The maximum absolute atomic E-state index is 10.6. The van der Waals surface area contributed by atoms with Gasteiger partial charge in [-0.05, 0) is 45.8 Å². The van der Waals surface area contributed by atoms with Gasteiger partial charge in [0, 0.05) is 0 Å². The monoisotopic (exact) mass is 318 g/mol. The molecule has 1 heterocycles. The van der Waals surface area contributed by atoms with Gasteiger partial charge in [0.15, 0.2) is 0 Å². The molecule has 0 bridgehead atoms. The van der Waals surface area contributed by atoms with Crippen LogP contribution < -0.4 is 0 Å². The van der Waals surface area contributed by atoms with Crippen molar-refractivity contribution in [3.8, 4) is 0 Å². The third-order valence-corrected chi connectivity index (χ3v) is 2.82. The number of hydrogen-bond acceptors (Lipinski definition) is 3. The molecule has 0 amide bonds. The van der Waals surface area contributed by atoms with E-state index in [9.17, 15) is 4.79 Å². The average Bonchev–Trinajstić information content (AvgIpc) is 2.37. The van der Waals surface area contributed by atoms with Crippen molar-refractivity contribution < 1.29 is 9.90 Å². The Bertz CT molecular complexity index is 609. The lowest BCUT2D eigenvalue weighted by atomic mass is 10.1. The number of benzene rings is 1. The lowest BCUT2D eigenvalue weighted by Gasteiger charge is -1.98. The molecule has 4 nitrogen and oxygen atoms in total. The van der Waals surface area contributed by atoms with Crippen molar-refractivity contribution in [1.82, 2.24) is 4.98 Å². The van der Waals surface area contributed by atoms with Crippen LogP contribution >= 0.6 is 15.9 Å². The van der Waals surface area contributed by atoms with Gasteiger partial charge < -0.3 is 5.11 Å². The van der Waals surface area contributed by atoms with Crippen molar-refractivity contribution in [2.75, 3.05) is 0 Å². The highest BCUT2D eigenvalue weighted by molar-refractivity contribution is 9.10.